The zero-order valence-electron chi connectivity index (χ0n) is 42.2. The lowest BCUT2D eigenvalue weighted by atomic mass is 10.1. The van der Waals surface area contributed by atoms with Crippen molar-refractivity contribution in [2.75, 3.05) is 13.2 Å². The Bertz CT molecular complexity index is 1310. The second-order valence-electron chi connectivity index (χ2n) is 17.4. The van der Waals surface area contributed by atoms with E-state index in [1.807, 2.05) is 6.08 Å². The smallest absolute Gasteiger partial charge is 0.306 e. The average molecular weight is 903 g/mol. The highest BCUT2D eigenvalue weighted by Crippen LogP contribution is 2.13. The number of rotatable bonds is 47. The van der Waals surface area contributed by atoms with E-state index in [0.717, 1.165) is 89.9 Å². The summed E-state index contributed by atoms with van der Waals surface area (Å²) in [6.45, 7) is 6.42. The van der Waals surface area contributed by atoms with E-state index in [1.54, 1.807) is 0 Å². The maximum atomic E-state index is 12.8. The Kier molecular flexibility index (Phi) is 50.0. The Labute approximate surface area is 400 Å². The van der Waals surface area contributed by atoms with E-state index in [9.17, 15) is 14.4 Å². The highest BCUT2D eigenvalue weighted by atomic mass is 16.6. The van der Waals surface area contributed by atoms with Crippen LogP contribution in [-0.2, 0) is 28.6 Å². The van der Waals surface area contributed by atoms with Gasteiger partial charge in [0.1, 0.15) is 13.2 Å². The normalized spacial score (nSPS) is 12.8. The molecule has 0 spiro atoms. The zero-order chi connectivity index (χ0) is 47.2. The minimum Gasteiger partial charge on any atom is -0.462 e. The first kappa shape index (κ1) is 61.3. The summed E-state index contributed by atoms with van der Waals surface area (Å²) in [5, 5.41) is 0. The summed E-state index contributed by atoms with van der Waals surface area (Å²) in [5.74, 6) is -1.01. The molecule has 0 saturated carbocycles. The van der Waals surface area contributed by atoms with Crippen molar-refractivity contribution in [2.45, 2.75) is 245 Å². The van der Waals surface area contributed by atoms with Crippen LogP contribution in [0.4, 0.5) is 0 Å². The molecule has 0 fully saturated rings. The third kappa shape index (κ3) is 51.2. The van der Waals surface area contributed by atoms with Gasteiger partial charge in [-0.3, -0.25) is 14.4 Å². The van der Waals surface area contributed by atoms with E-state index in [0.29, 0.717) is 19.3 Å². The van der Waals surface area contributed by atoms with Crippen LogP contribution in [0.25, 0.3) is 0 Å². The molecule has 0 saturated heterocycles. The van der Waals surface area contributed by atoms with Crippen molar-refractivity contribution in [1.82, 2.24) is 0 Å². The van der Waals surface area contributed by atoms with Gasteiger partial charge in [0.25, 0.3) is 0 Å². The van der Waals surface area contributed by atoms with E-state index < -0.39 is 6.10 Å². The number of esters is 3. The third-order valence-electron chi connectivity index (χ3n) is 11.1. The Morgan fingerprint density at radius 3 is 1.03 bits per heavy atom. The molecule has 0 aliphatic carbocycles. The largest absolute Gasteiger partial charge is 0.462 e. The second kappa shape index (κ2) is 52.9. The highest BCUT2D eigenvalue weighted by molar-refractivity contribution is 5.71. The Morgan fingerprint density at radius 1 is 0.323 bits per heavy atom. The molecule has 65 heavy (non-hydrogen) atoms. The first-order chi connectivity index (χ1) is 32.0. The minimum atomic E-state index is -0.814. The quantitative estimate of drug-likeness (QED) is 0.0262. The Hall–Kier alpha value is -3.67. The minimum absolute atomic E-state index is 0.107. The molecule has 370 valence electrons. The summed E-state index contributed by atoms with van der Waals surface area (Å²) < 4.78 is 16.7. The second-order valence-corrected chi connectivity index (χ2v) is 17.4. The lowest BCUT2D eigenvalue weighted by molar-refractivity contribution is -0.166. The molecule has 0 aliphatic heterocycles. The molecule has 0 amide bonds. The zero-order valence-corrected chi connectivity index (χ0v) is 42.2. The maximum Gasteiger partial charge on any atom is 0.306 e. The molecule has 0 aromatic rings. The van der Waals surface area contributed by atoms with Gasteiger partial charge in [0.05, 0.1) is 0 Å². The van der Waals surface area contributed by atoms with Gasteiger partial charge in [-0.15, -0.1) is 0 Å². The molecule has 0 aromatic heterocycles. The Balaban J connectivity index is 4.52. The summed E-state index contributed by atoms with van der Waals surface area (Å²) in [4.78, 5) is 38.0. The summed E-state index contributed by atoms with van der Waals surface area (Å²) >= 11 is 0. The van der Waals surface area contributed by atoms with Gasteiger partial charge in [0, 0.05) is 19.3 Å². The summed E-state index contributed by atoms with van der Waals surface area (Å²) in [6.07, 6.45) is 69.7. The van der Waals surface area contributed by atoms with Gasteiger partial charge >= 0.3 is 17.9 Å². The molecule has 1 atom stereocenters. The molecular formula is C59H98O6. The predicted molar refractivity (Wildman–Crippen MR) is 279 cm³/mol. The van der Waals surface area contributed by atoms with Crippen molar-refractivity contribution in [2.24, 2.45) is 0 Å². The number of hydrogen-bond donors (Lipinski definition) is 0. The number of hydrogen-bond acceptors (Lipinski definition) is 6. The van der Waals surface area contributed by atoms with Gasteiger partial charge in [-0.05, 0) is 109 Å². The van der Waals surface area contributed by atoms with E-state index in [1.165, 1.54) is 103 Å². The monoisotopic (exact) mass is 903 g/mol. The molecule has 0 bridgehead atoms. The van der Waals surface area contributed by atoms with Gasteiger partial charge in [-0.2, -0.15) is 0 Å². The van der Waals surface area contributed by atoms with Gasteiger partial charge in [0.2, 0.25) is 0 Å². The summed E-state index contributed by atoms with van der Waals surface area (Å²) in [5.41, 5.74) is 0. The Morgan fingerprint density at radius 2 is 0.631 bits per heavy atom. The molecule has 0 heterocycles. The van der Waals surface area contributed by atoms with Gasteiger partial charge in [-0.1, -0.05) is 208 Å². The first-order valence-electron chi connectivity index (χ1n) is 26.7. The fourth-order valence-corrected chi connectivity index (χ4v) is 7.04. The maximum absolute atomic E-state index is 12.8. The van der Waals surface area contributed by atoms with Crippen molar-refractivity contribution in [1.29, 1.82) is 0 Å². The molecule has 0 aromatic carbocycles. The van der Waals surface area contributed by atoms with E-state index in [2.05, 4.69) is 112 Å². The highest BCUT2D eigenvalue weighted by Gasteiger charge is 2.19. The molecular weight excluding hydrogens is 805 g/mol. The van der Waals surface area contributed by atoms with Crippen LogP contribution >= 0.6 is 0 Å². The topological polar surface area (TPSA) is 78.9 Å². The van der Waals surface area contributed by atoms with Crippen LogP contribution in [0.15, 0.2) is 97.2 Å². The molecule has 0 aliphatic rings. The predicted octanol–water partition coefficient (Wildman–Crippen LogP) is 17.8. The third-order valence-corrected chi connectivity index (χ3v) is 11.1. The van der Waals surface area contributed by atoms with Crippen molar-refractivity contribution < 1.29 is 28.6 Å². The van der Waals surface area contributed by atoms with Crippen LogP contribution in [-0.4, -0.2) is 37.2 Å². The van der Waals surface area contributed by atoms with Crippen LogP contribution in [0.3, 0.4) is 0 Å². The van der Waals surface area contributed by atoms with Crippen molar-refractivity contribution in [3.05, 3.63) is 97.2 Å². The van der Waals surface area contributed by atoms with Crippen LogP contribution in [0.2, 0.25) is 0 Å². The van der Waals surface area contributed by atoms with Crippen LogP contribution < -0.4 is 0 Å². The number of unbranched alkanes of at least 4 members (excludes halogenated alkanes) is 20. The van der Waals surface area contributed by atoms with Crippen LogP contribution in [0, 0.1) is 0 Å². The fraction of sp³-hybridized carbons (Fsp3) is 0.678. The average Bonchev–Trinajstić information content (AvgIpc) is 3.30. The summed E-state index contributed by atoms with van der Waals surface area (Å²) in [6, 6.07) is 0. The van der Waals surface area contributed by atoms with Crippen molar-refractivity contribution >= 4 is 17.9 Å². The van der Waals surface area contributed by atoms with Gasteiger partial charge in [0.15, 0.2) is 6.10 Å². The SMILES string of the molecule is CC/C=C\C/C=C\C/C=C\C/C=C\C/C=C\C/C=C\CCC(=O)OC[C@H](COC(=O)CCCCCCC/C=C\CCCCCC)OC(=O)CCCCCCCCC/C=C\CCCCCC. The number of allylic oxidation sites excluding steroid dienone is 16. The fourth-order valence-electron chi connectivity index (χ4n) is 7.04. The van der Waals surface area contributed by atoms with Crippen LogP contribution in [0.5, 0.6) is 0 Å². The lowest BCUT2D eigenvalue weighted by Gasteiger charge is -2.18. The number of carbonyl (C=O) groups is 3. The molecule has 0 rings (SSSR count). The first-order valence-corrected chi connectivity index (χ1v) is 26.7. The molecule has 0 N–H and O–H groups in total. The van der Waals surface area contributed by atoms with E-state index in [-0.39, 0.29) is 37.5 Å². The molecule has 6 nitrogen and oxygen atoms in total. The van der Waals surface area contributed by atoms with Crippen molar-refractivity contribution in [3.63, 3.8) is 0 Å². The number of ether oxygens (including phenoxy) is 3. The van der Waals surface area contributed by atoms with Gasteiger partial charge < -0.3 is 14.2 Å². The van der Waals surface area contributed by atoms with E-state index in [4.69, 9.17) is 14.2 Å². The van der Waals surface area contributed by atoms with E-state index >= 15 is 0 Å². The number of carbonyl (C=O) groups excluding carboxylic acids is 3. The molecule has 6 heteroatoms. The van der Waals surface area contributed by atoms with Crippen molar-refractivity contribution in [3.8, 4) is 0 Å². The summed E-state index contributed by atoms with van der Waals surface area (Å²) in [7, 11) is 0. The standard InChI is InChI=1S/C59H98O6/c1-4-7-10-13-16-19-22-25-27-28-29-30-32-34-37-40-43-46-49-52-58(61)64-55-56(54-63-57(60)51-48-45-42-39-36-33-24-21-18-15-12-9-6-3)65-59(62)53-50-47-44-41-38-35-31-26-23-20-17-14-11-8-5-2/h7,10,16,19-21,23-25,27,29-30,34,37,43,46,56H,4-6,8-9,11-15,17-18,22,26,28,31-33,35-36,38-42,44-45,47-55H2,1-3H3/b10-7-,19-16-,23-20-,24-21-,27-25-,30-29-,37-34-,46-43-/t56-/m0/s1. The molecule has 0 radical (unpaired) electrons. The van der Waals surface area contributed by atoms with Crippen LogP contribution in [0.1, 0.15) is 239 Å². The lowest BCUT2D eigenvalue weighted by Crippen LogP contribution is -2.30. The van der Waals surface area contributed by atoms with Gasteiger partial charge in [-0.25, -0.2) is 0 Å². The molecule has 0 unspecified atom stereocenters.